The van der Waals surface area contributed by atoms with E-state index >= 15 is 0 Å². The van der Waals surface area contributed by atoms with Crippen molar-refractivity contribution >= 4 is 0 Å². The molecule has 90 valence electrons. The number of hydrogen-bond acceptors (Lipinski definition) is 2. The Kier molecular flexibility index (Phi) is 5.07. The Morgan fingerprint density at radius 2 is 2.07 bits per heavy atom. The Labute approximate surface area is 95.0 Å². The van der Waals surface area contributed by atoms with Gasteiger partial charge in [0.2, 0.25) is 0 Å². The van der Waals surface area contributed by atoms with Gasteiger partial charge in [-0.1, -0.05) is 27.2 Å². The predicted octanol–water partition coefficient (Wildman–Crippen LogP) is 2.53. The molecule has 2 heteroatoms. The molecule has 2 nitrogen and oxygen atoms in total. The maximum Gasteiger partial charge on any atom is 0.0304 e. The van der Waals surface area contributed by atoms with Crippen LogP contribution in [0, 0.1) is 11.8 Å². The van der Waals surface area contributed by atoms with Crippen LogP contribution in [0.1, 0.15) is 52.9 Å². The molecule has 1 saturated carbocycles. The second kappa shape index (κ2) is 5.86. The summed E-state index contributed by atoms with van der Waals surface area (Å²) in [7, 11) is 0. The molecule has 1 aliphatic rings. The van der Waals surface area contributed by atoms with Crippen LogP contribution in [0.2, 0.25) is 0 Å². The Morgan fingerprint density at radius 1 is 1.40 bits per heavy atom. The summed E-state index contributed by atoms with van der Waals surface area (Å²) in [6.07, 6.45) is 6.47. The van der Waals surface area contributed by atoms with Gasteiger partial charge in [0.05, 0.1) is 0 Å². The van der Waals surface area contributed by atoms with Crippen LogP contribution in [0.4, 0.5) is 0 Å². The van der Waals surface area contributed by atoms with E-state index in [0.717, 1.165) is 24.8 Å². The molecule has 0 radical (unpaired) electrons. The normalized spacial score (nSPS) is 22.4. The van der Waals surface area contributed by atoms with Gasteiger partial charge in [-0.2, -0.15) is 0 Å². The molecule has 2 unspecified atom stereocenters. The molecule has 0 heterocycles. The van der Waals surface area contributed by atoms with Crippen molar-refractivity contribution in [2.75, 3.05) is 13.1 Å². The zero-order chi connectivity index (χ0) is 11.3. The molecule has 2 atom stereocenters. The monoisotopic (exact) mass is 212 g/mol. The number of rotatable bonds is 8. The van der Waals surface area contributed by atoms with E-state index in [1.165, 1.54) is 32.2 Å². The lowest BCUT2D eigenvalue weighted by Crippen LogP contribution is -2.52. The lowest BCUT2D eigenvalue weighted by molar-refractivity contribution is 0.251. The highest BCUT2D eigenvalue weighted by atomic mass is 15.0. The van der Waals surface area contributed by atoms with Crippen LogP contribution in [-0.4, -0.2) is 18.6 Å². The van der Waals surface area contributed by atoms with Gasteiger partial charge < -0.3 is 11.1 Å². The fraction of sp³-hybridized carbons (Fsp3) is 1.00. The minimum Gasteiger partial charge on any atom is -0.329 e. The minimum atomic E-state index is 0.206. The third-order valence-electron chi connectivity index (χ3n) is 3.97. The van der Waals surface area contributed by atoms with E-state index in [1.807, 2.05) is 0 Å². The quantitative estimate of drug-likeness (QED) is 0.649. The number of hydrogen-bond donors (Lipinski definition) is 2. The van der Waals surface area contributed by atoms with Crippen molar-refractivity contribution in [3.05, 3.63) is 0 Å². The van der Waals surface area contributed by atoms with Gasteiger partial charge in [0, 0.05) is 12.1 Å². The standard InChI is InChI=1S/C13H28N2/c1-4-11(3)8-13(5-2,10-14)15-9-12-6-7-12/h11-12,15H,4-10,14H2,1-3H3. The van der Waals surface area contributed by atoms with Gasteiger partial charge in [0.1, 0.15) is 0 Å². The molecule has 1 fully saturated rings. The van der Waals surface area contributed by atoms with Crippen LogP contribution in [0.5, 0.6) is 0 Å². The summed E-state index contributed by atoms with van der Waals surface area (Å²) in [5, 5.41) is 3.73. The van der Waals surface area contributed by atoms with Crippen molar-refractivity contribution < 1.29 is 0 Å². The molecule has 1 aliphatic carbocycles. The summed E-state index contributed by atoms with van der Waals surface area (Å²) in [5.74, 6) is 1.72. The fourth-order valence-electron chi connectivity index (χ4n) is 2.14. The highest BCUT2D eigenvalue weighted by Gasteiger charge is 2.30. The molecule has 0 aliphatic heterocycles. The van der Waals surface area contributed by atoms with Gasteiger partial charge >= 0.3 is 0 Å². The van der Waals surface area contributed by atoms with Crippen molar-refractivity contribution in [2.24, 2.45) is 17.6 Å². The fourth-order valence-corrected chi connectivity index (χ4v) is 2.14. The Balaban J connectivity index is 2.41. The highest BCUT2D eigenvalue weighted by molar-refractivity contribution is 4.91. The average Bonchev–Trinajstić information content (AvgIpc) is 3.08. The van der Waals surface area contributed by atoms with E-state index in [9.17, 15) is 0 Å². The number of nitrogens with two attached hydrogens (primary N) is 1. The molecule has 0 aromatic heterocycles. The SMILES string of the molecule is CCC(C)CC(CC)(CN)NCC1CC1. The molecule has 0 aromatic carbocycles. The molecule has 0 saturated heterocycles. The van der Waals surface area contributed by atoms with Gasteiger partial charge in [-0.3, -0.25) is 0 Å². The molecular weight excluding hydrogens is 184 g/mol. The summed E-state index contributed by atoms with van der Waals surface area (Å²) in [5.41, 5.74) is 6.17. The summed E-state index contributed by atoms with van der Waals surface area (Å²) >= 11 is 0. The van der Waals surface area contributed by atoms with Gasteiger partial charge in [0.15, 0.2) is 0 Å². The Morgan fingerprint density at radius 3 is 2.47 bits per heavy atom. The summed E-state index contributed by atoms with van der Waals surface area (Å²) < 4.78 is 0. The smallest absolute Gasteiger partial charge is 0.0304 e. The van der Waals surface area contributed by atoms with Crippen molar-refractivity contribution in [3.63, 3.8) is 0 Å². The first-order valence-electron chi connectivity index (χ1n) is 6.61. The van der Waals surface area contributed by atoms with Crippen LogP contribution in [0.15, 0.2) is 0 Å². The van der Waals surface area contributed by atoms with Crippen LogP contribution in [-0.2, 0) is 0 Å². The highest BCUT2D eigenvalue weighted by Crippen LogP contribution is 2.30. The Bertz CT molecular complexity index is 171. The van der Waals surface area contributed by atoms with Gasteiger partial charge in [-0.05, 0) is 44.1 Å². The maximum absolute atomic E-state index is 5.97. The first-order valence-corrected chi connectivity index (χ1v) is 6.61. The van der Waals surface area contributed by atoms with E-state index in [0.29, 0.717) is 0 Å². The van der Waals surface area contributed by atoms with Gasteiger partial charge in [-0.25, -0.2) is 0 Å². The van der Waals surface area contributed by atoms with Crippen molar-refractivity contribution in [2.45, 2.75) is 58.4 Å². The molecule has 0 bridgehead atoms. The molecular formula is C13H28N2. The second-order valence-corrected chi connectivity index (χ2v) is 5.38. The topological polar surface area (TPSA) is 38.0 Å². The third kappa shape index (κ3) is 4.12. The lowest BCUT2D eigenvalue weighted by Gasteiger charge is -2.35. The van der Waals surface area contributed by atoms with Gasteiger partial charge in [0.25, 0.3) is 0 Å². The summed E-state index contributed by atoms with van der Waals surface area (Å²) in [6, 6.07) is 0. The Hall–Kier alpha value is -0.0800. The molecule has 0 spiro atoms. The van der Waals surface area contributed by atoms with E-state index in [2.05, 4.69) is 26.1 Å². The second-order valence-electron chi connectivity index (χ2n) is 5.38. The zero-order valence-corrected chi connectivity index (χ0v) is 10.7. The first-order chi connectivity index (χ1) is 7.15. The van der Waals surface area contributed by atoms with Crippen LogP contribution < -0.4 is 11.1 Å². The van der Waals surface area contributed by atoms with Crippen LogP contribution >= 0.6 is 0 Å². The van der Waals surface area contributed by atoms with Crippen LogP contribution in [0.3, 0.4) is 0 Å². The first kappa shape index (κ1) is 13.0. The number of nitrogens with one attached hydrogen (secondary N) is 1. The predicted molar refractivity (Wildman–Crippen MR) is 66.9 cm³/mol. The van der Waals surface area contributed by atoms with E-state index in [4.69, 9.17) is 5.73 Å². The summed E-state index contributed by atoms with van der Waals surface area (Å²) in [6.45, 7) is 8.82. The van der Waals surface area contributed by atoms with Crippen molar-refractivity contribution in [1.29, 1.82) is 0 Å². The summed E-state index contributed by atoms with van der Waals surface area (Å²) in [4.78, 5) is 0. The van der Waals surface area contributed by atoms with Gasteiger partial charge in [-0.15, -0.1) is 0 Å². The molecule has 0 aromatic rings. The van der Waals surface area contributed by atoms with Crippen LogP contribution in [0.25, 0.3) is 0 Å². The van der Waals surface area contributed by atoms with E-state index < -0.39 is 0 Å². The molecule has 0 amide bonds. The molecule has 15 heavy (non-hydrogen) atoms. The van der Waals surface area contributed by atoms with Crippen molar-refractivity contribution in [3.8, 4) is 0 Å². The van der Waals surface area contributed by atoms with E-state index in [1.54, 1.807) is 0 Å². The van der Waals surface area contributed by atoms with Crippen molar-refractivity contribution in [1.82, 2.24) is 5.32 Å². The van der Waals surface area contributed by atoms with E-state index in [-0.39, 0.29) is 5.54 Å². The molecule has 3 N–H and O–H groups in total. The average molecular weight is 212 g/mol. The minimum absolute atomic E-state index is 0.206. The third-order valence-corrected chi connectivity index (χ3v) is 3.97. The largest absolute Gasteiger partial charge is 0.329 e. The lowest BCUT2D eigenvalue weighted by atomic mass is 9.84. The maximum atomic E-state index is 5.97. The zero-order valence-electron chi connectivity index (χ0n) is 10.7. The molecule has 1 rings (SSSR count).